The van der Waals surface area contributed by atoms with Gasteiger partial charge in [0.2, 0.25) is 0 Å². The molecule has 3 heteroatoms. The van der Waals surface area contributed by atoms with Gasteiger partial charge >= 0.3 is 0 Å². The zero-order valence-corrected chi connectivity index (χ0v) is 9.59. The Kier molecular flexibility index (Phi) is 3.50. The summed E-state index contributed by atoms with van der Waals surface area (Å²) >= 11 is 0. The molecule has 0 aliphatic carbocycles. The van der Waals surface area contributed by atoms with E-state index in [1.165, 1.54) is 0 Å². The first-order valence-corrected chi connectivity index (χ1v) is 5.37. The van der Waals surface area contributed by atoms with Gasteiger partial charge in [-0.25, -0.2) is 0 Å². The van der Waals surface area contributed by atoms with Crippen LogP contribution in [0.3, 0.4) is 0 Å². The first kappa shape index (κ1) is 11.3. The molecule has 1 aromatic carbocycles. The van der Waals surface area contributed by atoms with Crippen LogP contribution < -0.4 is 4.74 Å². The Labute approximate surface area is 100 Å². The summed E-state index contributed by atoms with van der Waals surface area (Å²) in [5, 5.41) is 0. The van der Waals surface area contributed by atoms with Crippen molar-refractivity contribution in [3.8, 4) is 16.9 Å². The van der Waals surface area contributed by atoms with Gasteiger partial charge in [-0.1, -0.05) is 18.2 Å². The van der Waals surface area contributed by atoms with E-state index in [1.807, 2.05) is 36.4 Å². The number of pyridine rings is 1. The molecule has 0 aliphatic heterocycles. The van der Waals surface area contributed by atoms with Gasteiger partial charge in [-0.05, 0) is 23.8 Å². The lowest BCUT2D eigenvalue weighted by Crippen LogP contribution is -1.94. The number of nitrogens with zero attached hydrogens (tertiary/aromatic N) is 1. The van der Waals surface area contributed by atoms with E-state index in [0.29, 0.717) is 6.42 Å². The summed E-state index contributed by atoms with van der Waals surface area (Å²) in [5.41, 5.74) is 2.82. The fourth-order valence-corrected chi connectivity index (χ4v) is 1.71. The number of hydrogen-bond donors (Lipinski definition) is 0. The van der Waals surface area contributed by atoms with Gasteiger partial charge < -0.3 is 9.53 Å². The number of aldehydes is 1. The summed E-state index contributed by atoms with van der Waals surface area (Å²) in [6.07, 6.45) is 2.91. The molecule has 17 heavy (non-hydrogen) atoms. The fourth-order valence-electron chi connectivity index (χ4n) is 1.71. The van der Waals surface area contributed by atoms with Crippen LogP contribution in [0.4, 0.5) is 0 Å². The van der Waals surface area contributed by atoms with Crippen LogP contribution in [0.25, 0.3) is 11.1 Å². The molecule has 0 saturated heterocycles. The van der Waals surface area contributed by atoms with E-state index in [-0.39, 0.29) is 0 Å². The number of hydrogen-bond acceptors (Lipinski definition) is 3. The number of carbonyl (C=O) groups excluding carboxylic acids is 1. The Morgan fingerprint density at radius 2 is 2.00 bits per heavy atom. The van der Waals surface area contributed by atoms with Crippen molar-refractivity contribution in [2.45, 2.75) is 6.42 Å². The largest absolute Gasteiger partial charge is 0.497 e. The van der Waals surface area contributed by atoms with Gasteiger partial charge in [0, 0.05) is 18.2 Å². The van der Waals surface area contributed by atoms with Gasteiger partial charge in [-0.15, -0.1) is 0 Å². The SMILES string of the molecule is COc1ccc(-c2cccnc2CC=O)cc1. The molecule has 0 N–H and O–H groups in total. The van der Waals surface area contributed by atoms with Crippen molar-refractivity contribution < 1.29 is 9.53 Å². The first-order chi connectivity index (χ1) is 8.35. The summed E-state index contributed by atoms with van der Waals surface area (Å²) < 4.78 is 5.11. The summed E-state index contributed by atoms with van der Waals surface area (Å²) in [4.78, 5) is 14.8. The molecule has 2 rings (SSSR count). The van der Waals surface area contributed by atoms with E-state index in [2.05, 4.69) is 4.98 Å². The quantitative estimate of drug-likeness (QED) is 0.753. The standard InChI is InChI=1S/C14H13NO2/c1-17-12-6-4-11(5-7-12)13-3-2-9-15-14(13)8-10-16/h2-7,9-10H,8H2,1H3. The van der Waals surface area contributed by atoms with Gasteiger partial charge in [0.15, 0.2) is 0 Å². The van der Waals surface area contributed by atoms with Gasteiger partial charge in [0.25, 0.3) is 0 Å². The third-order valence-corrected chi connectivity index (χ3v) is 2.57. The zero-order chi connectivity index (χ0) is 12.1. The van der Waals surface area contributed by atoms with Crippen LogP contribution in [0.5, 0.6) is 5.75 Å². The van der Waals surface area contributed by atoms with Gasteiger partial charge in [-0.3, -0.25) is 4.98 Å². The second kappa shape index (κ2) is 5.25. The molecular weight excluding hydrogens is 214 g/mol. The summed E-state index contributed by atoms with van der Waals surface area (Å²) in [6.45, 7) is 0. The smallest absolute Gasteiger partial charge is 0.125 e. The zero-order valence-electron chi connectivity index (χ0n) is 9.59. The summed E-state index contributed by atoms with van der Waals surface area (Å²) in [7, 11) is 1.64. The lowest BCUT2D eigenvalue weighted by atomic mass is 10.0. The number of aromatic nitrogens is 1. The van der Waals surface area contributed by atoms with Crippen molar-refractivity contribution in [3.05, 3.63) is 48.3 Å². The maximum absolute atomic E-state index is 10.6. The Balaban J connectivity index is 2.40. The molecule has 0 unspecified atom stereocenters. The number of methoxy groups -OCH3 is 1. The van der Waals surface area contributed by atoms with E-state index in [0.717, 1.165) is 28.9 Å². The summed E-state index contributed by atoms with van der Waals surface area (Å²) in [6, 6.07) is 11.6. The van der Waals surface area contributed by atoms with Crippen LogP contribution in [0.2, 0.25) is 0 Å². The number of benzene rings is 1. The number of carbonyl (C=O) groups is 1. The molecule has 0 radical (unpaired) electrons. The second-order valence-corrected chi connectivity index (χ2v) is 3.60. The van der Waals surface area contributed by atoms with Crippen LogP contribution in [0.15, 0.2) is 42.6 Å². The molecule has 0 aliphatic rings. The second-order valence-electron chi connectivity index (χ2n) is 3.60. The van der Waals surface area contributed by atoms with Crippen molar-refractivity contribution in [1.82, 2.24) is 4.98 Å². The predicted molar refractivity (Wildman–Crippen MR) is 66.0 cm³/mol. The molecular formula is C14H13NO2. The highest BCUT2D eigenvalue weighted by Crippen LogP contribution is 2.24. The summed E-state index contributed by atoms with van der Waals surface area (Å²) in [5.74, 6) is 0.814. The van der Waals surface area contributed by atoms with Crippen molar-refractivity contribution in [2.75, 3.05) is 7.11 Å². The van der Waals surface area contributed by atoms with Crippen LogP contribution in [-0.2, 0) is 11.2 Å². The maximum Gasteiger partial charge on any atom is 0.125 e. The maximum atomic E-state index is 10.6. The van der Waals surface area contributed by atoms with E-state index >= 15 is 0 Å². The van der Waals surface area contributed by atoms with Crippen molar-refractivity contribution in [1.29, 1.82) is 0 Å². The molecule has 0 amide bonds. The highest BCUT2D eigenvalue weighted by molar-refractivity contribution is 5.70. The Hall–Kier alpha value is -2.16. The van der Waals surface area contributed by atoms with E-state index in [1.54, 1.807) is 13.3 Å². The van der Waals surface area contributed by atoms with E-state index in [9.17, 15) is 4.79 Å². The Morgan fingerprint density at radius 3 is 2.65 bits per heavy atom. The highest BCUT2D eigenvalue weighted by atomic mass is 16.5. The minimum Gasteiger partial charge on any atom is -0.497 e. The average molecular weight is 227 g/mol. The Morgan fingerprint density at radius 1 is 1.24 bits per heavy atom. The number of ether oxygens (including phenoxy) is 1. The van der Waals surface area contributed by atoms with Crippen LogP contribution >= 0.6 is 0 Å². The number of rotatable bonds is 4. The van der Waals surface area contributed by atoms with Crippen LogP contribution in [0.1, 0.15) is 5.69 Å². The molecule has 86 valence electrons. The first-order valence-electron chi connectivity index (χ1n) is 5.37. The fraction of sp³-hybridized carbons (Fsp3) is 0.143. The van der Waals surface area contributed by atoms with E-state index in [4.69, 9.17) is 4.74 Å². The van der Waals surface area contributed by atoms with Gasteiger partial charge in [0.1, 0.15) is 12.0 Å². The van der Waals surface area contributed by atoms with E-state index < -0.39 is 0 Å². The van der Waals surface area contributed by atoms with Crippen molar-refractivity contribution in [3.63, 3.8) is 0 Å². The third kappa shape index (κ3) is 2.50. The molecule has 0 saturated carbocycles. The molecule has 0 bridgehead atoms. The van der Waals surface area contributed by atoms with Crippen molar-refractivity contribution in [2.24, 2.45) is 0 Å². The highest BCUT2D eigenvalue weighted by Gasteiger charge is 2.05. The van der Waals surface area contributed by atoms with Crippen molar-refractivity contribution >= 4 is 6.29 Å². The molecule has 3 nitrogen and oxygen atoms in total. The average Bonchev–Trinajstić information content (AvgIpc) is 2.40. The molecule has 2 aromatic rings. The van der Waals surface area contributed by atoms with Crippen LogP contribution in [0, 0.1) is 0 Å². The third-order valence-electron chi connectivity index (χ3n) is 2.57. The molecule has 1 aromatic heterocycles. The molecule has 0 fully saturated rings. The molecule has 0 spiro atoms. The van der Waals surface area contributed by atoms with Crippen LogP contribution in [-0.4, -0.2) is 18.4 Å². The monoisotopic (exact) mass is 227 g/mol. The molecule has 0 atom stereocenters. The normalized spacial score (nSPS) is 9.94. The molecule has 1 heterocycles. The Bertz CT molecular complexity index is 506. The minimum atomic E-state index is 0.336. The topological polar surface area (TPSA) is 39.2 Å². The lowest BCUT2D eigenvalue weighted by molar-refractivity contribution is -0.107. The van der Waals surface area contributed by atoms with Gasteiger partial charge in [-0.2, -0.15) is 0 Å². The van der Waals surface area contributed by atoms with Gasteiger partial charge in [0.05, 0.1) is 12.8 Å². The minimum absolute atomic E-state index is 0.336. The predicted octanol–water partition coefficient (Wildman–Crippen LogP) is 2.50. The lowest BCUT2D eigenvalue weighted by Gasteiger charge is -2.07.